The van der Waals surface area contributed by atoms with Crippen molar-refractivity contribution in [2.24, 2.45) is 13.0 Å². The van der Waals surface area contributed by atoms with E-state index in [1.54, 1.807) is 0 Å². The van der Waals surface area contributed by atoms with Gasteiger partial charge in [0.2, 0.25) is 0 Å². The lowest BCUT2D eigenvalue weighted by Crippen LogP contribution is -2.54. The van der Waals surface area contributed by atoms with Gasteiger partial charge in [0.25, 0.3) is 0 Å². The zero-order chi connectivity index (χ0) is 16.7. The van der Waals surface area contributed by atoms with Crippen LogP contribution in [0.4, 0.5) is 5.82 Å². The zero-order valence-corrected chi connectivity index (χ0v) is 14.5. The fourth-order valence-electron chi connectivity index (χ4n) is 3.73. The predicted octanol–water partition coefficient (Wildman–Crippen LogP) is 0.955. The summed E-state index contributed by atoms with van der Waals surface area (Å²) in [6, 6.07) is 0.395. The Bertz CT molecular complexity index is 725. The highest BCUT2D eigenvalue weighted by atomic mass is 16.3. The number of fused-ring (bicyclic) bond motifs is 1. The van der Waals surface area contributed by atoms with Crippen molar-refractivity contribution in [2.45, 2.75) is 32.2 Å². The standard InChI is InChI=1S/C17H26N6O/c1-12-19-16-15(9-18-21(16)2)17(20-12)23-7-6-22(10-13-3-4-13)14(11-23)5-8-24/h9,13-14,24H,3-8,10-11H2,1-2H3. The van der Waals surface area contributed by atoms with E-state index in [4.69, 9.17) is 4.98 Å². The van der Waals surface area contributed by atoms with Gasteiger partial charge in [-0.1, -0.05) is 0 Å². The molecule has 3 heterocycles. The van der Waals surface area contributed by atoms with Crippen molar-refractivity contribution < 1.29 is 5.11 Å². The van der Waals surface area contributed by atoms with E-state index in [-0.39, 0.29) is 6.61 Å². The summed E-state index contributed by atoms with van der Waals surface area (Å²) in [7, 11) is 1.92. The first kappa shape index (κ1) is 15.8. The van der Waals surface area contributed by atoms with Gasteiger partial charge in [0, 0.05) is 45.9 Å². The number of piperazine rings is 1. The molecule has 0 bridgehead atoms. The Morgan fingerprint density at radius 1 is 1.25 bits per heavy atom. The SMILES string of the molecule is Cc1nc(N2CCN(CC3CC3)C(CCO)C2)c2cnn(C)c2n1. The van der Waals surface area contributed by atoms with Crippen LogP contribution in [0.5, 0.6) is 0 Å². The molecule has 0 amide bonds. The Kier molecular flexibility index (Phi) is 4.14. The molecule has 2 aromatic rings. The van der Waals surface area contributed by atoms with Crippen LogP contribution < -0.4 is 4.90 Å². The summed E-state index contributed by atoms with van der Waals surface area (Å²) in [4.78, 5) is 14.2. The van der Waals surface area contributed by atoms with Gasteiger partial charge in [0.1, 0.15) is 11.6 Å². The summed E-state index contributed by atoms with van der Waals surface area (Å²) in [5, 5.41) is 14.8. The zero-order valence-electron chi connectivity index (χ0n) is 14.5. The van der Waals surface area contributed by atoms with Crippen molar-refractivity contribution in [3.05, 3.63) is 12.0 Å². The maximum absolute atomic E-state index is 9.48. The van der Waals surface area contributed by atoms with E-state index in [2.05, 4.69) is 19.9 Å². The Labute approximate surface area is 142 Å². The van der Waals surface area contributed by atoms with Crippen LogP contribution in [0.2, 0.25) is 0 Å². The number of aliphatic hydroxyl groups excluding tert-OH is 1. The van der Waals surface area contributed by atoms with Gasteiger partial charge in [-0.15, -0.1) is 0 Å². The van der Waals surface area contributed by atoms with Crippen LogP contribution >= 0.6 is 0 Å². The lowest BCUT2D eigenvalue weighted by Gasteiger charge is -2.42. The number of rotatable bonds is 5. The predicted molar refractivity (Wildman–Crippen MR) is 93.0 cm³/mol. The van der Waals surface area contributed by atoms with E-state index in [0.717, 1.165) is 54.6 Å². The first-order chi connectivity index (χ1) is 11.7. The Hall–Kier alpha value is -1.73. The van der Waals surface area contributed by atoms with Crippen molar-refractivity contribution in [1.82, 2.24) is 24.6 Å². The third-order valence-electron chi connectivity index (χ3n) is 5.24. The van der Waals surface area contributed by atoms with E-state index in [1.807, 2.05) is 24.9 Å². The van der Waals surface area contributed by atoms with Crippen LogP contribution in [0.15, 0.2) is 6.20 Å². The van der Waals surface area contributed by atoms with Crippen molar-refractivity contribution in [3.8, 4) is 0 Å². The Balaban J connectivity index is 1.60. The normalized spacial score (nSPS) is 22.5. The lowest BCUT2D eigenvalue weighted by atomic mass is 10.1. The number of hydrogen-bond donors (Lipinski definition) is 1. The molecule has 1 aliphatic heterocycles. The second kappa shape index (κ2) is 6.29. The third kappa shape index (κ3) is 2.98. The number of aromatic nitrogens is 4. The summed E-state index contributed by atoms with van der Waals surface area (Å²) < 4.78 is 1.81. The van der Waals surface area contributed by atoms with Crippen molar-refractivity contribution in [1.29, 1.82) is 0 Å². The minimum atomic E-state index is 0.241. The largest absolute Gasteiger partial charge is 0.396 e. The number of anilines is 1. The molecule has 130 valence electrons. The van der Waals surface area contributed by atoms with Crippen LogP contribution in [0.25, 0.3) is 11.0 Å². The van der Waals surface area contributed by atoms with E-state index in [9.17, 15) is 5.11 Å². The van der Waals surface area contributed by atoms with Gasteiger partial charge in [-0.2, -0.15) is 5.10 Å². The Morgan fingerprint density at radius 3 is 2.83 bits per heavy atom. The topological polar surface area (TPSA) is 70.3 Å². The summed E-state index contributed by atoms with van der Waals surface area (Å²) in [5.41, 5.74) is 0.886. The van der Waals surface area contributed by atoms with Crippen molar-refractivity contribution in [2.75, 3.05) is 37.7 Å². The maximum Gasteiger partial charge on any atom is 0.163 e. The van der Waals surface area contributed by atoms with Gasteiger partial charge in [-0.3, -0.25) is 9.58 Å². The molecular formula is C17H26N6O. The average Bonchev–Trinajstić information content (AvgIpc) is 3.31. The summed E-state index contributed by atoms with van der Waals surface area (Å²) in [5.74, 6) is 2.64. The molecule has 0 spiro atoms. The number of aryl methyl sites for hydroxylation is 2. The molecule has 1 saturated heterocycles. The molecule has 1 aliphatic carbocycles. The van der Waals surface area contributed by atoms with Crippen molar-refractivity contribution >= 4 is 16.9 Å². The fraction of sp³-hybridized carbons (Fsp3) is 0.706. The molecule has 0 radical (unpaired) electrons. The van der Waals surface area contributed by atoms with Gasteiger partial charge in [-0.25, -0.2) is 9.97 Å². The van der Waals surface area contributed by atoms with Crippen LogP contribution in [-0.2, 0) is 7.05 Å². The van der Waals surface area contributed by atoms with E-state index < -0.39 is 0 Å². The minimum absolute atomic E-state index is 0.241. The smallest absolute Gasteiger partial charge is 0.163 e. The third-order valence-corrected chi connectivity index (χ3v) is 5.24. The minimum Gasteiger partial charge on any atom is -0.396 e. The maximum atomic E-state index is 9.48. The van der Waals surface area contributed by atoms with Gasteiger partial charge in [0.15, 0.2) is 5.65 Å². The van der Waals surface area contributed by atoms with Crippen LogP contribution in [0.1, 0.15) is 25.1 Å². The van der Waals surface area contributed by atoms with Crippen LogP contribution in [0.3, 0.4) is 0 Å². The fourth-order valence-corrected chi connectivity index (χ4v) is 3.73. The molecule has 0 aromatic carbocycles. The highest BCUT2D eigenvalue weighted by Crippen LogP contribution is 2.32. The second-order valence-corrected chi connectivity index (χ2v) is 7.15. The molecule has 2 aromatic heterocycles. The average molecular weight is 330 g/mol. The second-order valence-electron chi connectivity index (χ2n) is 7.15. The quantitative estimate of drug-likeness (QED) is 0.880. The van der Waals surface area contributed by atoms with Gasteiger partial charge < -0.3 is 10.0 Å². The summed E-state index contributed by atoms with van der Waals surface area (Å²) in [6.07, 6.45) is 5.42. The molecule has 1 saturated carbocycles. The molecule has 2 aliphatic rings. The van der Waals surface area contributed by atoms with Crippen molar-refractivity contribution in [3.63, 3.8) is 0 Å². The first-order valence-corrected chi connectivity index (χ1v) is 8.92. The van der Waals surface area contributed by atoms with Crippen LogP contribution in [0, 0.1) is 12.8 Å². The Morgan fingerprint density at radius 2 is 2.08 bits per heavy atom. The molecule has 2 fully saturated rings. The monoisotopic (exact) mass is 330 g/mol. The highest BCUT2D eigenvalue weighted by Gasteiger charge is 2.32. The van der Waals surface area contributed by atoms with E-state index in [1.165, 1.54) is 19.4 Å². The van der Waals surface area contributed by atoms with Gasteiger partial charge >= 0.3 is 0 Å². The lowest BCUT2D eigenvalue weighted by molar-refractivity contribution is 0.137. The molecule has 1 atom stereocenters. The molecule has 1 N–H and O–H groups in total. The number of nitrogens with zero attached hydrogens (tertiary/aromatic N) is 6. The molecule has 24 heavy (non-hydrogen) atoms. The van der Waals surface area contributed by atoms with Crippen LogP contribution in [-0.4, -0.2) is 68.6 Å². The highest BCUT2D eigenvalue weighted by molar-refractivity contribution is 5.87. The van der Waals surface area contributed by atoms with E-state index in [0.29, 0.717) is 6.04 Å². The molecule has 7 heteroatoms. The number of hydrogen-bond acceptors (Lipinski definition) is 6. The first-order valence-electron chi connectivity index (χ1n) is 8.92. The number of aliphatic hydroxyl groups is 1. The molecular weight excluding hydrogens is 304 g/mol. The summed E-state index contributed by atoms with van der Waals surface area (Å²) in [6.45, 7) is 6.27. The molecule has 7 nitrogen and oxygen atoms in total. The van der Waals surface area contributed by atoms with Gasteiger partial charge in [-0.05, 0) is 32.1 Å². The summed E-state index contributed by atoms with van der Waals surface area (Å²) >= 11 is 0. The van der Waals surface area contributed by atoms with E-state index >= 15 is 0 Å². The van der Waals surface area contributed by atoms with Gasteiger partial charge in [0.05, 0.1) is 11.6 Å². The molecule has 4 rings (SSSR count). The molecule has 1 unspecified atom stereocenters.